The normalized spacial score (nSPS) is 21.6. The third kappa shape index (κ3) is 2.88. The maximum Gasteiger partial charge on any atom is 0.207 e. The summed E-state index contributed by atoms with van der Waals surface area (Å²) in [5.74, 6) is 0. The van der Waals surface area contributed by atoms with E-state index in [9.17, 15) is 0 Å². The summed E-state index contributed by atoms with van der Waals surface area (Å²) in [7, 11) is 0. The summed E-state index contributed by atoms with van der Waals surface area (Å²) in [6.07, 6.45) is 2.49. The molecule has 0 N–H and O–H groups in total. The van der Waals surface area contributed by atoms with Crippen molar-refractivity contribution in [2.75, 3.05) is 13.2 Å². The van der Waals surface area contributed by atoms with E-state index in [2.05, 4.69) is 10.2 Å². The van der Waals surface area contributed by atoms with Crippen LogP contribution in [-0.2, 0) is 16.1 Å². The van der Waals surface area contributed by atoms with Gasteiger partial charge in [-0.05, 0) is 24.4 Å². The Balaban J connectivity index is 1.67. The third-order valence-electron chi connectivity index (χ3n) is 2.00. The van der Waals surface area contributed by atoms with Gasteiger partial charge in [0.05, 0.1) is 12.7 Å². The van der Waals surface area contributed by atoms with Gasteiger partial charge in [0.2, 0.25) is 4.47 Å². The van der Waals surface area contributed by atoms with Crippen molar-refractivity contribution in [3.63, 3.8) is 0 Å². The second-order valence-corrected chi connectivity index (χ2v) is 4.74. The zero-order chi connectivity index (χ0) is 9.80. The van der Waals surface area contributed by atoms with Crippen molar-refractivity contribution in [2.45, 2.75) is 25.6 Å². The lowest BCUT2D eigenvalue weighted by Crippen LogP contribution is -2.13. The fourth-order valence-corrected chi connectivity index (χ4v) is 2.15. The number of nitrogens with zero attached hydrogens (tertiary/aromatic N) is 2. The fraction of sp³-hybridized carbons (Fsp3) is 0.750. The summed E-state index contributed by atoms with van der Waals surface area (Å²) in [6, 6.07) is 0. The Bertz CT molecular complexity index is 289. The number of hydrogen-bond donors (Lipinski definition) is 0. The minimum atomic E-state index is 0.262. The van der Waals surface area contributed by atoms with E-state index >= 15 is 0 Å². The number of aromatic nitrogens is 2. The number of rotatable bonds is 4. The minimum absolute atomic E-state index is 0.262. The van der Waals surface area contributed by atoms with Gasteiger partial charge in [0.1, 0.15) is 11.6 Å². The zero-order valence-electron chi connectivity index (χ0n) is 7.61. The van der Waals surface area contributed by atoms with E-state index in [-0.39, 0.29) is 6.10 Å². The molecule has 14 heavy (non-hydrogen) atoms. The highest BCUT2D eigenvalue weighted by molar-refractivity contribution is 7.15. The third-order valence-corrected chi connectivity index (χ3v) is 2.99. The van der Waals surface area contributed by atoms with Crippen LogP contribution in [0.25, 0.3) is 0 Å². The second kappa shape index (κ2) is 5.02. The molecule has 1 aromatic rings. The average Bonchev–Trinajstić information content (AvgIpc) is 2.77. The van der Waals surface area contributed by atoms with Gasteiger partial charge in [0.25, 0.3) is 0 Å². The van der Waals surface area contributed by atoms with E-state index in [1.54, 1.807) is 0 Å². The van der Waals surface area contributed by atoms with E-state index in [0.29, 0.717) is 17.7 Å². The Hall–Kier alpha value is -0.230. The molecule has 0 amide bonds. The van der Waals surface area contributed by atoms with Crippen molar-refractivity contribution in [1.82, 2.24) is 10.2 Å². The second-order valence-electron chi connectivity index (χ2n) is 3.10. The summed E-state index contributed by atoms with van der Waals surface area (Å²) in [6.45, 7) is 1.97. The summed E-state index contributed by atoms with van der Waals surface area (Å²) in [5.41, 5.74) is 0. The average molecular weight is 235 g/mol. The molecule has 0 saturated carbocycles. The Morgan fingerprint density at radius 2 is 2.50 bits per heavy atom. The molecular formula is C8H11ClN2O2S. The molecule has 0 aliphatic carbocycles. The molecule has 0 bridgehead atoms. The molecule has 4 nitrogen and oxygen atoms in total. The van der Waals surface area contributed by atoms with Crippen LogP contribution >= 0.6 is 22.9 Å². The fourth-order valence-electron chi connectivity index (χ4n) is 1.34. The van der Waals surface area contributed by atoms with E-state index < -0.39 is 0 Å². The van der Waals surface area contributed by atoms with Gasteiger partial charge in [0, 0.05) is 6.61 Å². The highest BCUT2D eigenvalue weighted by atomic mass is 35.5. The molecule has 1 aromatic heterocycles. The van der Waals surface area contributed by atoms with Gasteiger partial charge in [-0.15, -0.1) is 10.2 Å². The molecule has 2 rings (SSSR count). The van der Waals surface area contributed by atoms with Gasteiger partial charge >= 0.3 is 0 Å². The smallest absolute Gasteiger partial charge is 0.207 e. The first-order valence-electron chi connectivity index (χ1n) is 4.52. The molecule has 1 unspecified atom stereocenters. The van der Waals surface area contributed by atoms with Crippen molar-refractivity contribution in [1.29, 1.82) is 0 Å². The largest absolute Gasteiger partial charge is 0.376 e. The van der Waals surface area contributed by atoms with E-state index in [1.165, 1.54) is 11.3 Å². The summed E-state index contributed by atoms with van der Waals surface area (Å²) in [5, 5.41) is 8.35. The Labute approximate surface area is 91.2 Å². The van der Waals surface area contributed by atoms with Crippen LogP contribution in [0.5, 0.6) is 0 Å². The highest BCUT2D eigenvalue weighted by Gasteiger charge is 2.15. The molecule has 0 aromatic carbocycles. The van der Waals surface area contributed by atoms with Crippen LogP contribution in [0.3, 0.4) is 0 Å². The van der Waals surface area contributed by atoms with Crippen LogP contribution < -0.4 is 0 Å². The van der Waals surface area contributed by atoms with Crippen LogP contribution in [0.15, 0.2) is 0 Å². The molecule has 1 aliphatic heterocycles. The predicted molar refractivity (Wildman–Crippen MR) is 53.5 cm³/mol. The molecule has 6 heteroatoms. The van der Waals surface area contributed by atoms with Crippen molar-refractivity contribution in [3.05, 3.63) is 9.47 Å². The SMILES string of the molecule is Clc1nnc(COCC2CCCO2)s1. The lowest BCUT2D eigenvalue weighted by molar-refractivity contribution is 0.0104. The molecular weight excluding hydrogens is 224 g/mol. The van der Waals surface area contributed by atoms with E-state index in [4.69, 9.17) is 21.1 Å². The molecule has 1 fully saturated rings. The van der Waals surface area contributed by atoms with Crippen LogP contribution in [0.2, 0.25) is 4.47 Å². The molecule has 2 heterocycles. The number of hydrogen-bond acceptors (Lipinski definition) is 5. The Morgan fingerprint density at radius 1 is 1.57 bits per heavy atom. The molecule has 0 radical (unpaired) electrons. The topological polar surface area (TPSA) is 44.2 Å². The zero-order valence-corrected chi connectivity index (χ0v) is 9.18. The molecule has 0 spiro atoms. The first-order valence-corrected chi connectivity index (χ1v) is 5.71. The van der Waals surface area contributed by atoms with Crippen LogP contribution in [0.1, 0.15) is 17.8 Å². The lowest BCUT2D eigenvalue weighted by atomic mass is 10.2. The van der Waals surface area contributed by atoms with Gasteiger partial charge in [-0.2, -0.15) is 0 Å². The van der Waals surface area contributed by atoms with E-state index in [0.717, 1.165) is 24.5 Å². The minimum Gasteiger partial charge on any atom is -0.376 e. The summed E-state index contributed by atoms with van der Waals surface area (Å²) < 4.78 is 11.3. The van der Waals surface area contributed by atoms with Crippen LogP contribution in [0.4, 0.5) is 0 Å². The molecule has 1 saturated heterocycles. The van der Waals surface area contributed by atoms with E-state index in [1.807, 2.05) is 0 Å². The van der Waals surface area contributed by atoms with Gasteiger partial charge in [0.15, 0.2) is 0 Å². The Morgan fingerprint density at radius 3 is 3.14 bits per heavy atom. The molecule has 1 aliphatic rings. The Kier molecular flexibility index (Phi) is 3.69. The van der Waals surface area contributed by atoms with Crippen molar-refractivity contribution < 1.29 is 9.47 Å². The van der Waals surface area contributed by atoms with Crippen molar-refractivity contribution >= 4 is 22.9 Å². The number of halogens is 1. The van der Waals surface area contributed by atoms with Gasteiger partial charge in [-0.1, -0.05) is 11.3 Å². The van der Waals surface area contributed by atoms with Crippen LogP contribution in [0, 0.1) is 0 Å². The summed E-state index contributed by atoms with van der Waals surface area (Å²) in [4.78, 5) is 0. The van der Waals surface area contributed by atoms with Gasteiger partial charge in [-0.25, -0.2) is 0 Å². The first kappa shape index (κ1) is 10.3. The molecule has 78 valence electrons. The summed E-state index contributed by atoms with van der Waals surface area (Å²) >= 11 is 6.98. The lowest BCUT2D eigenvalue weighted by Gasteiger charge is -2.08. The molecule has 1 atom stereocenters. The maximum atomic E-state index is 5.63. The standard InChI is InChI=1S/C8H11ClN2O2S/c9-8-11-10-7(14-8)5-12-4-6-2-1-3-13-6/h6H,1-5H2. The predicted octanol–water partition coefficient (Wildman–Crippen LogP) is 1.89. The maximum absolute atomic E-state index is 5.63. The monoisotopic (exact) mass is 234 g/mol. The van der Waals surface area contributed by atoms with Crippen molar-refractivity contribution in [3.8, 4) is 0 Å². The van der Waals surface area contributed by atoms with Crippen molar-refractivity contribution in [2.24, 2.45) is 0 Å². The quantitative estimate of drug-likeness (QED) is 0.798. The number of ether oxygens (including phenoxy) is 2. The highest BCUT2D eigenvalue weighted by Crippen LogP contribution is 2.17. The van der Waals surface area contributed by atoms with Gasteiger partial charge in [-0.3, -0.25) is 0 Å². The van der Waals surface area contributed by atoms with Crippen LogP contribution in [-0.4, -0.2) is 29.5 Å². The van der Waals surface area contributed by atoms with Gasteiger partial charge < -0.3 is 9.47 Å². The first-order chi connectivity index (χ1) is 6.84.